The molecule has 0 aliphatic heterocycles. The number of fused-ring (bicyclic) bond motifs is 6. The summed E-state index contributed by atoms with van der Waals surface area (Å²) in [5.74, 6) is 1.30. The van der Waals surface area contributed by atoms with Gasteiger partial charge in [0.25, 0.3) is 0 Å². The van der Waals surface area contributed by atoms with Crippen LogP contribution in [-0.2, 0) is 0 Å². The van der Waals surface area contributed by atoms with Gasteiger partial charge in [0.05, 0.1) is 57.0 Å². The van der Waals surface area contributed by atoms with E-state index in [1.807, 2.05) is 91.0 Å². The normalized spacial score (nSPS) is 11.2. The minimum Gasteiger partial charge on any atom is -0.309 e. The van der Waals surface area contributed by atoms with Crippen molar-refractivity contribution in [2.75, 3.05) is 0 Å². The summed E-state index contributed by atoms with van der Waals surface area (Å²) in [4.78, 5) is 16.3. The number of aromatic nitrogens is 5. The SMILES string of the molecule is N#Cc1cccc(-c2ccc(-c3nc(-c4cc(-n5c6ccccc6c6ccccc65)ccc4-c4cccc(C#N)c4)nc(-c4cc(-n5c6ccccc6c6ccccc65)ccc4-c4cccc(C#N)c4)n3)cc2)c1. The quantitative estimate of drug-likeness (QED) is 0.150. The Morgan fingerprint density at radius 1 is 0.270 bits per heavy atom. The van der Waals surface area contributed by atoms with E-state index in [2.05, 4.69) is 161 Å². The number of nitriles is 3. The zero-order valence-corrected chi connectivity index (χ0v) is 39.5. The molecule has 342 valence electrons. The van der Waals surface area contributed by atoms with E-state index in [0.717, 1.165) is 105 Å². The molecule has 0 amide bonds. The van der Waals surface area contributed by atoms with Gasteiger partial charge in [-0.1, -0.05) is 146 Å². The van der Waals surface area contributed by atoms with Gasteiger partial charge in [0, 0.05) is 49.6 Å². The van der Waals surface area contributed by atoms with Crippen LogP contribution >= 0.6 is 0 Å². The summed E-state index contributed by atoms with van der Waals surface area (Å²) < 4.78 is 4.56. The molecule has 13 rings (SSSR count). The van der Waals surface area contributed by atoms with Gasteiger partial charge in [0.15, 0.2) is 17.5 Å². The lowest BCUT2D eigenvalue weighted by molar-refractivity contribution is 1.07. The molecule has 10 aromatic carbocycles. The van der Waals surface area contributed by atoms with Gasteiger partial charge in [-0.3, -0.25) is 0 Å². The van der Waals surface area contributed by atoms with Crippen LogP contribution in [0.5, 0.6) is 0 Å². The van der Waals surface area contributed by atoms with Gasteiger partial charge >= 0.3 is 0 Å². The Balaban J connectivity index is 1.10. The Kier molecular flexibility index (Phi) is 10.5. The lowest BCUT2D eigenvalue weighted by Gasteiger charge is -2.17. The first-order valence-corrected chi connectivity index (χ1v) is 24.2. The van der Waals surface area contributed by atoms with Gasteiger partial charge in [0.1, 0.15) is 0 Å². The molecule has 0 atom stereocenters. The molecule has 0 aliphatic rings. The average molecular weight is 943 g/mol. The zero-order chi connectivity index (χ0) is 49.7. The third kappa shape index (κ3) is 7.42. The number of hydrogen-bond donors (Lipinski definition) is 0. The number of hydrogen-bond acceptors (Lipinski definition) is 6. The molecule has 13 aromatic rings. The van der Waals surface area contributed by atoms with Gasteiger partial charge in [0.2, 0.25) is 0 Å². The van der Waals surface area contributed by atoms with Crippen LogP contribution in [0.2, 0.25) is 0 Å². The number of benzene rings is 10. The maximum absolute atomic E-state index is 10.1. The van der Waals surface area contributed by atoms with Gasteiger partial charge in [-0.25, -0.2) is 15.0 Å². The molecule has 3 heterocycles. The van der Waals surface area contributed by atoms with Crippen molar-refractivity contribution in [3.05, 3.63) is 247 Å². The lowest BCUT2D eigenvalue weighted by atomic mass is 9.95. The first-order valence-electron chi connectivity index (χ1n) is 24.2. The molecule has 0 fully saturated rings. The highest BCUT2D eigenvalue weighted by Gasteiger charge is 2.22. The first kappa shape index (κ1) is 43.3. The number of rotatable bonds is 8. The monoisotopic (exact) mass is 942 g/mol. The van der Waals surface area contributed by atoms with Crippen LogP contribution in [0, 0.1) is 34.0 Å². The number of para-hydroxylation sites is 4. The van der Waals surface area contributed by atoms with Crippen LogP contribution in [-0.4, -0.2) is 24.1 Å². The topological polar surface area (TPSA) is 120 Å². The molecule has 0 unspecified atom stereocenters. The fraction of sp³-hybridized carbons (Fsp3) is 0. The predicted molar refractivity (Wildman–Crippen MR) is 295 cm³/mol. The third-order valence-corrected chi connectivity index (χ3v) is 13.9. The van der Waals surface area contributed by atoms with Crippen LogP contribution in [0.4, 0.5) is 0 Å². The summed E-state index contributed by atoms with van der Waals surface area (Å²) >= 11 is 0. The van der Waals surface area contributed by atoms with Crippen LogP contribution < -0.4 is 0 Å². The third-order valence-electron chi connectivity index (χ3n) is 13.9. The Morgan fingerprint density at radius 2 is 0.622 bits per heavy atom. The predicted octanol–water partition coefficient (Wildman–Crippen LogP) is 15.7. The van der Waals surface area contributed by atoms with E-state index >= 15 is 0 Å². The summed E-state index contributed by atoms with van der Waals surface area (Å²) in [6.07, 6.45) is 0. The summed E-state index contributed by atoms with van der Waals surface area (Å²) in [7, 11) is 0. The van der Waals surface area contributed by atoms with Crippen LogP contribution in [0.3, 0.4) is 0 Å². The van der Waals surface area contributed by atoms with E-state index in [1.165, 1.54) is 0 Å². The summed E-state index contributed by atoms with van der Waals surface area (Å²) in [6.45, 7) is 0. The van der Waals surface area contributed by atoms with Gasteiger partial charge in [-0.15, -0.1) is 0 Å². The van der Waals surface area contributed by atoms with E-state index in [1.54, 1.807) is 6.07 Å². The Morgan fingerprint density at radius 3 is 1.03 bits per heavy atom. The molecule has 0 aliphatic carbocycles. The van der Waals surface area contributed by atoms with E-state index in [9.17, 15) is 15.8 Å². The van der Waals surface area contributed by atoms with Crippen LogP contribution in [0.15, 0.2) is 231 Å². The first-order chi connectivity index (χ1) is 36.5. The molecule has 3 aromatic heterocycles. The number of nitrogens with zero attached hydrogens (tertiary/aromatic N) is 8. The highest BCUT2D eigenvalue weighted by molar-refractivity contribution is 6.10. The molecule has 0 saturated carbocycles. The van der Waals surface area contributed by atoms with Crippen molar-refractivity contribution in [2.24, 2.45) is 0 Å². The summed E-state index contributed by atoms with van der Waals surface area (Å²) in [5, 5.41) is 34.6. The standard InChI is InChI=1S/C66H38N8/c67-39-42-12-9-15-47(34-42)45-26-28-46(29-27-45)64-70-65(58-37-50(30-32-52(58)48-16-10-13-43(35-48)40-68)73-60-22-5-1-18-54(60)55-19-2-6-23-61(55)73)72-66(71-64)59-38-51(31-33-53(59)49-17-11-14-44(36-49)41-69)74-62-24-7-3-20-56(62)57-21-4-8-25-63(57)74/h1-38H. The van der Waals surface area contributed by atoms with Crippen molar-refractivity contribution in [1.82, 2.24) is 24.1 Å². The maximum atomic E-state index is 10.1. The van der Waals surface area contributed by atoms with Crippen molar-refractivity contribution in [2.45, 2.75) is 0 Å². The minimum atomic E-state index is 0.426. The van der Waals surface area contributed by atoms with Crippen LogP contribution in [0.1, 0.15) is 16.7 Å². The van der Waals surface area contributed by atoms with Crippen molar-refractivity contribution < 1.29 is 0 Å². The van der Waals surface area contributed by atoms with Gasteiger partial charge in [-0.2, -0.15) is 15.8 Å². The van der Waals surface area contributed by atoms with E-state index < -0.39 is 0 Å². The molecule has 0 radical (unpaired) electrons. The second kappa shape index (κ2) is 17.9. The van der Waals surface area contributed by atoms with E-state index in [4.69, 9.17) is 15.0 Å². The van der Waals surface area contributed by atoms with Crippen molar-refractivity contribution in [3.8, 4) is 97.1 Å². The minimum absolute atomic E-state index is 0.426. The molecule has 0 N–H and O–H groups in total. The molecule has 0 spiro atoms. The molecular formula is C66H38N8. The fourth-order valence-electron chi connectivity index (χ4n) is 10.5. The Hall–Kier alpha value is -10.7. The second-order valence-electron chi connectivity index (χ2n) is 18.2. The molecule has 8 nitrogen and oxygen atoms in total. The average Bonchev–Trinajstić information content (AvgIpc) is 4.00. The van der Waals surface area contributed by atoms with E-state index in [-0.39, 0.29) is 0 Å². The highest BCUT2D eigenvalue weighted by atomic mass is 15.0. The summed E-state index contributed by atoms with van der Waals surface area (Å²) in [5.41, 5.74) is 15.1. The smallest absolute Gasteiger partial charge is 0.164 e. The maximum Gasteiger partial charge on any atom is 0.164 e. The van der Waals surface area contributed by atoms with Crippen LogP contribution in [0.25, 0.3) is 123 Å². The van der Waals surface area contributed by atoms with E-state index in [0.29, 0.717) is 34.2 Å². The molecule has 0 bridgehead atoms. The summed E-state index contributed by atoms with van der Waals surface area (Å²) in [6, 6.07) is 84.3. The fourth-order valence-corrected chi connectivity index (χ4v) is 10.5. The Labute approximate surface area is 425 Å². The van der Waals surface area contributed by atoms with Crippen molar-refractivity contribution in [3.63, 3.8) is 0 Å². The molecular weight excluding hydrogens is 905 g/mol. The largest absolute Gasteiger partial charge is 0.309 e. The highest BCUT2D eigenvalue weighted by Crippen LogP contribution is 2.41. The molecule has 74 heavy (non-hydrogen) atoms. The molecule has 0 saturated heterocycles. The van der Waals surface area contributed by atoms with Crippen molar-refractivity contribution in [1.29, 1.82) is 15.8 Å². The Bertz CT molecular complexity index is 4190. The van der Waals surface area contributed by atoms with Crippen molar-refractivity contribution >= 4 is 43.6 Å². The lowest BCUT2D eigenvalue weighted by Crippen LogP contribution is -2.04. The zero-order valence-electron chi connectivity index (χ0n) is 39.5. The van der Waals surface area contributed by atoms with Gasteiger partial charge < -0.3 is 9.13 Å². The van der Waals surface area contributed by atoms with Gasteiger partial charge in [-0.05, 0) is 118 Å². The second-order valence-corrected chi connectivity index (χ2v) is 18.2. The molecule has 8 heteroatoms.